The average molecular weight is 347 g/mol. The van der Waals surface area contributed by atoms with Gasteiger partial charge >= 0.3 is 6.03 Å². The number of thiophene rings is 1. The number of rotatable bonds is 5. The fourth-order valence-corrected chi connectivity index (χ4v) is 3.54. The summed E-state index contributed by atoms with van der Waals surface area (Å²) in [6, 6.07) is 3.62. The van der Waals surface area contributed by atoms with Gasteiger partial charge in [-0.05, 0) is 35.9 Å². The number of nitrogens with zero attached hydrogens (tertiary/aromatic N) is 2. The van der Waals surface area contributed by atoms with E-state index in [1.54, 1.807) is 16.2 Å². The number of hydrogen-bond donors (Lipinski definition) is 3. The number of fused-ring (bicyclic) bond motifs is 1. The highest BCUT2D eigenvalue weighted by atomic mass is 32.1. The van der Waals surface area contributed by atoms with Gasteiger partial charge in [0.1, 0.15) is 0 Å². The van der Waals surface area contributed by atoms with E-state index < -0.39 is 0 Å². The molecule has 0 aromatic carbocycles. The van der Waals surface area contributed by atoms with Gasteiger partial charge in [-0.15, -0.1) is 11.3 Å². The van der Waals surface area contributed by atoms with Gasteiger partial charge in [-0.3, -0.25) is 9.89 Å². The highest BCUT2D eigenvalue weighted by Crippen LogP contribution is 2.23. The summed E-state index contributed by atoms with van der Waals surface area (Å²) in [5, 5.41) is 14.4. The maximum Gasteiger partial charge on any atom is 0.315 e. The zero-order valence-corrected chi connectivity index (χ0v) is 14.4. The lowest BCUT2D eigenvalue weighted by molar-refractivity contribution is -0.130. The summed E-state index contributed by atoms with van der Waals surface area (Å²) >= 11 is 1.74. The van der Waals surface area contributed by atoms with Gasteiger partial charge < -0.3 is 15.5 Å². The Bertz CT molecular complexity index is 724. The summed E-state index contributed by atoms with van der Waals surface area (Å²) in [4.78, 5) is 27.2. The molecular weight excluding hydrogens is 326 g/mol. The molecule has 0 saturated carbocycles. The third-order valence-corrected chi connectivity index (χ3v) is 5.07. The van der Waals surface area contributed by atoms with Crippen LogP contribution in [0.15, 0.2) is 17.5 Å². The van der Waals surface area contributed by atoms with Crippen LogP contribution in [-0.4, -0.2) is 40.1 Å². The summed E-state index contributed by atoms with van der Waals surface area (Å²) in [6.45, 7) is 3.73. The Balaban J connectivity index is 1.40. The van der Waals surface area contributed by atoms with Crippen molar-refractivity contribution in [3.8, 4) is 0 Å². The summed E-state index contributed by atoms with van der Waals surface area (Å²) in [5.74, 6) is -0.0585. The number of H-pyrrole nitrogens is 1. The molecular formula is C16H21N5O2S. The molecule has 0 aliphatic carbocycles. The van der Waals surface area contributed by atoms with E-state index in [-0.39, 0.29) is 18.5 Å². The fraction of sp³-hybridized carbons (Fsp3) is 0.438. The normalized spacial score (nSPS) is 13.5. The van der Waals surface area contributed by atoms with Gasteiger partial charge in [0.25, 0.3) is 0 Å². The molecule has 0 unspecified atom stereocenters. The number of hydrogen-bond acceptors (Lipinski definition) is 4. The Morgan fingerprint density at radius 2 is 2.29 bits per heavy atom. The van der Waals surface area contributed by atoms with E-state index in [2.05, 4.69) is 32.3 Å². The topological polar surface area (TPSA) is 90.1 Å². The quantitative estimate of drug-likeness (QED) is 0.764. The number of aromatic amines is 1. The first-order valence-electron chi connectivity index (χ1n) is 8.03. The van der Waals surface area contributed by atoms with Crippen LogP contribution in [0.25, 0.3) is 0 Å². The van der Waals surface area contributed by atoms with Crippen LogP contribution in [0.3, 0.4) is 0 Å². The van der Waals surface area contributed by atoms with Gasteiger partial charge in [0.05, 0.1) is 24.5 Å². The van der Waals surface area contributed by atoms with E-state index in [1.165, 1.54) is 10.4 Å². The molecule has 0 radical (unpaired) electrons. The van der Waals surface area contributed by atoms with Crippen LogP contribution in [0.4, 0.5) is 4.79 Å². The maximum absolute atomic E-state index is 12.2. The first-order chi connectivity index (χ1) is 11.7. The minimum atomic E-state index is -0.357. The van der Waals surface area contributed by atoms with E-state index in [0.717, 1.165) is 24.2 Å². The van der Waals surface area contributed by atoms with Crippen molar-refractivity contribution in [2.24, 2.45) is 0 Å². The van der Waals surface area contributed by atoms with Gasteiger partial charge in [0, 0.05) is 18.0 Å². The van der Waals surface area contributed by atoms with Gasteiger partial charge in [-0.2, -0.15) is 5.10 Å². The third kappa shape index (κ3) is 3.94. The van der Waals surface area contributed by atoms with Crippen molar-refractivity contribution in [3.05, 3.63) is 39.3 Å². The lowest BCUT2D eigenvalue weighted by Crippen LogP contribution is -2.44. The Hall–Kier alpha value is -2.35. The minimum absolute atomic E-state index is 0.00842. The smallest absolute Gasteiger partial charge is 0.315 e. The molecule has 3 amide bonds. The molecule has 1 aliphatic heterocycles. The Morgan fingerprint density at radius 3 is 3.08 bits per heavy atom. The predicted molar refractivity (Wildman–Crippen MR) is 91.6 cm³/mol. The van der Waals surface area contributed by atoms with Crippen LogP contribution in [0.2, 0.25) is 0 Å². The molecule has 3 rings (SSSR count). The number of urea groups is 1. The lowest BCUT2D eigenvalue weighted by atomic mass is 10.1. The number of carbonyl (C=O) groups is 2. The molecule has 3 heterocycles. The van der Waals surface area contributed by atoms with Crippen LogP contribution < -0.4 is 10.6 Å². The van der Waals surface area contributed by atoms with Crippen LogP contribution in [0.1, 0.15) is 28.8 Å². The van der Waals surface area contributed by atoms with E-state index in [1.807, 2.05) is 13.0 Å². The standard InChI is InChI=1S/C16H21N5O2S/c1-2-12-7-13(20-19-12)8-17-16(23)18-9-15(22)21-5-3-14-11(10-21)4-6-24-14/h4,6-7H,2-3,5,8-10H2,1H3,(H,19,20)(H2,17,18,23). The molecule has 128 valence electrons. The first-order valence-corrected chi connectivity index (χ1v) is 8.91. The molecule has 8 heteroatoms. The van der Waals surface area contributed by atoms with E-state index in [9.17, 15) is 9.59 Å². The van der Waals surface area contributed by atoms with Crippen molar-refractivity contribution in [2.75, 3.05) is 13.1 Å². The summed E-state index contributed by atoms with van der Waals surface area (Å²) in [5.41, 5.74) is 3.02. The number of aryl methyl sites for hydroxylation is 1. The second-order valence-corrected chi connectivity index (χ2v) is 6.71. The largest absolute Gasteiger partial charge is 0.336 e. The molecule has 0 bridgehead atoms. The fourth-order valence-electron chi connectivity index (χ4n) is 2.65. The SMILES string of the molecule is CCc1cc(CNC(=O)NCC(=O)N2CCc3sccc3C2)[nH]n1. The number of aromatic nitrogens is 2. The first kappa shape index (κ1) is 16.5. The summed E-state index contributed by atoms with van der Waals surface area (Å²) in [7, 11) is 0. The zero-order chi connectivity index (χ0) is 16.9. The van der Waals surface area contributed by atoms with Crippen molar-refractivity contribution in [1.29, 1.82) is 0 Å². The van der Waals surface area contributed by atoms with Crippen LogP contribution in [0, 0.1) is 0 Å². The highest BCUT2D eigenvalue weighted by molar-refractivity contribution is 7.10. The van der Waals surface area contributed by atoms with Gasteiger partial charge in [0.15, 0.2) is 0 Å². The molecule has 2 aromatic heterocycles. The van der Waals surface area contributed by atoms with E-state index in [4.69, 9.17) is 0 Å². The monoisotopic (exact) mass is 347 g/mol. The Morgan fingerprint density at radius 1 is 1.42 bits per heavy atom. The van der Waals surface area contributed by atoms with Gasteiger partial charge in [0.2, 0.25) is 5.91 Å². The molecule has 24 heavy (non-hydrogen) atoms. The maximum atomic E-state index is 12.2. The molecule has 0 saturated heterocycles. The number of nitrogens with one attached hydrogen (secondary N) is 3. The molecule has 0 atom stereocenters. The van der Waals surface area contributed by atoms with Crippen molar-refractivity contribution < 1.29 is 9.59 Å². The third-order valence-electron chi connectivity index (χ3n) is 4.05. The molecule has 3 N–H and O–H groups in total. The van der Waals surface area contributed by atoms with Crippen LogP contribution in [0.5, 0.6) is 0 Å². The summed E-state index contributed by atoms with van der Waals surface area (Å²) in [6.07, 6.45) is 1.74. The van der Waals surface area contributed by atoms with E-state index in [0.29, 0.717) is 19.6 Å². The molecule has 2 aromatic rings. The highest BCUT2D eigenvalue weighted by Gasteiger charge is 2.21. The molecule has 0 fully saturated rings. The van der Waals surface area contributed by atoms with Crippen LogP contribution >= 0.6 is 11.3 Å². The van der Waals surface area contributed by atoms with Gasteiger partial charge in [-0.1, -0.05) is 6.92 Å². The van der Waals surface area contributed by atoms with Crippen LogP contribution in [-0.2, 0) is 30.7 Å². The zero-order valence-electron chi connectivity index (χ0n) is 13.6. The van der Waals surface area contributed by atoms with Crippen molar-refractivity contribution in [1.82, 2.24) is 25.7 Å². The average Bonchev–Trinajstić information content (AvgIpc) is 3.25. The second kappa shape index (κ2) is 7.48. The molecule has 1 aliphatic rings. The van der Waals surface area contributed by atoms with Crippen molar-refractivity contribution >= 4 is 23.3 Å². The van der Waals surface area contributed by atoms with Crippen molar-refractivity contribution in [3.63, 3.8) is 0 Å². The second-order valence-electron chi connectivity index (χ2n) is 5.71. The Kier molecular flexibility index (Phi) is 5.14. The summed E-state index contributed by atoms with van der Waals surface area (Å²) < 4.78 is 0. The number of amides is 3. The minimum Gasteiger partial charge on any atom is -0.336 e. The van der Waals surface area contributed by atoms with Gasteiger partial charge in [-0.25, -0.2) is 4.79 Å². The Labute approximate surface area is 144 Å². The lowest BCUT2D eigenvalue weighted by Gasteiger charge is -2.27. The predicted octanol–water partition coefficient (Wildman–Crippen LogP) is 1.42. The molecule has 0 spiro atoms. The molecule has 7 nitrogen and oxygen atoms in total. The van der Waals surface area contributed by atoms with Crippen molar-refractivity contribution in [2.45, 2.75) is 32.9 Å². The number of carbonyl (C=O) groups excluding carboxylic acids is 2. The van der Waals surface area contributed by atoms with E-state index >= 15 is 0 Å².